The Balaban J connectivity index is 1.80. The van der Waals surface area contributed by atoms with Gasteiger partial charge in [-0.15, -0.1) is 0 Å². The minimum atomic E-state index is -0.406. The summed E-state index contributed by atoms with van der Waals surface area (Å²) in [6.07, 6.45) is 4.15. The molecule has 0 radical (unpaired) electrons. The van der Waals surface area contributed by atoms with Gasteiger partial charge in [0, 0.05) is 11.1 Å². The van der Waals surface area contributed by atoms with Crippen molar-refractivity contribution in [3.05, 3.63) is 35.4 Å². The lowest BCUT2D eigenvalue weighted by Gasteiger charge is -2.27. The Hall–Kier alpha value is -1.39. The maximum atomic E-state index is 12.6. The smallest absolute Gasteiger partial charge is 0.280 e. The molecule has 1 heterocycles. The number of hydrogen-bond donors (Lipinski definition) is 0. The van der Waals surface area contributed by atoms with Gasteiger partial charge in [-0.25, -0.2) is 0 Å². The third kappa shape index (κ3) is 2.97. The zero-order valence-corrected chi connectivity index (χ0v) is 12.7. The topological polar surface area (TPSA) is 38.8 Å². The zero-order valence-electron chi connectivity index (χ0n) is 12.7. The Morgan fingerprint density at radius 1 is 1.24 bits per heavy atom. The average Bonchev–Trinajstić information content (AvgIpc) is 3.06. The summed E-state index contributed by atoms with van der Waals surface area (Å²) in [6.45, 7) is 4.81. The molecule has 1 atom stereocenters. The Kier molecular flexibility index (Phi) is 4.27. The number of hydroxylamine groups is 2. The fourth-order valence-corrected chi connectivity index (χ4v) is 2.96. The van der Waals surface area contributed by atoms with E-state index >= 15 is 0 Å². The molecule has 1 aromatic rings. The van der Waals surface area contributed by atoms with Gasteiger partial charge in [-0.2, -0.15) is 5.06 Å². The van der Waals surface area contributed by atoms with Crippen LogP contribution in [0.2, 0.25) is 0 Å². The van der Waals surface area contributed by atoms with E-state index in [0.29, 0.717) is 18.1 Å². The van der Waals surface area contributed by atoms with Gasteiger partial charge >= 0.3 is 0 Å². The van der Waals surface area contributed by atoms with E-state index in [2.05, 4.69) is 13.8 Å². The highest BCUT2D eigenvalue weighted by Gasteiger charge is 2.40. The minimum absolute atomic E-state index is 0.0775. The van der Waals surface area contributed by atoms with Crippen LogP contribution in [0.1, 0.15) is 61.7 Å². The van der Waals surface area contributed by atoms with Gasteiger partial charge in [0.25, 0.3) is 5.91 Å². The van der Waals surface area contributed by atoms with Gasteiger partial charge in [-0.05, 0) is 24.8 Å². The molecule has 0 bridgehead atoms. The molecule has 0 N–H and O–H groups in total. The molecule has 0 saturated heterocycles. The third-order valence-electron chi connectivity index (χ3n) is 4.02. The van der Waals surface area contributed by atoms with Gasteiger partial charge in [-0.1, -0.05) is 44.9 Å². The fraction of sp³-hybridized carbons (Fsp3) is 0.588. The monoisotopic (exact) mass is 289 g/mol. The SMILES string of the molecule is CC(C)COC1c2ccccc2C(=O)N1OC1CCCC1. The molecule has 1 unspecified atom stereocenters. The van der Waals surface area contributed by atoms with Crippen molar-refractivity contribution in [3.8, 4) is 0 Å². The number of benzene rings is 1. The van der Waals surface area contributed by atoms with Crippen molar-refractivity contribution in [1.82, 2.24) is 5.06 Å². The number of hydrogen-bond acceptors (Lipinski definition) is 3. The number of carbonyl (C=O) groups excluding carboxylic acids is 1. The second-order valence-electron chi connectivity index (χ2n) is 6.31. The summed E-state index contributed by atoms with van der Waals surface area (Å²) >= 11 is 0. The number of ether oxygens (including phenoxy) is 1. The molecule has 0 spiro atoms. The number of rotatable bonds is 5. The minimum Gasteiger partial charge on any atom is -0.351 e. The summed E-state index contributed by atoms with van der Waals surface area (Å²) in [5.41, 5.74) is 1.62. The predicted octanol–water partition coefficient (Wildman–Crippen LogP) is 3.69. The molecule has 21 heavy (non-hydrogen) atoms. The van der Waals surface area contributed by atoms with E-state index in [-0.39, 0.29) is 12.0 Å². The first-order valence-electron chi connectivity index (χ1n) is 7.87. The molecule has 1 saturated carbocycles. The van der Waals surface area contributed by atoms with Gasteiger partial charge in [0.2, 0.25) is 0 Å². The second kappa shape index (κ2) is 6.16. The largest absolute Gasteiger partial charge is 0.351 e. The molecule has 1 fully saturated rings. The maximum Gasteiger partial charge on any atom is 0.280 e. The van der Waals surface area contributed by atoms with E-state index in [4.69, 9.17) is 9.57 Å². The van der Waals surface area contributed by atoms with Gasteiger partial charge in [0.1, 0.15) is 0 Å². The number of amides is 1. The summed E-state index contributed by atoms with van der Waals surface area (Å²) in [7, 11) is 0. The third-order valence-corrected chi connectivity index (χ3v) is 4.02. The quantitative estimate of drug-likeness (QED) is 0.830. The van der Waals surface area contributed by atoms with Gasteiger partial charge in [0.15, 0.2) is 6.23 Å². The van der Waals surface area contributed by atoms with E-state index in [1.165, 1.54) is 17.9 Å². The second-order valence-corrected chi connectivity index (χ2v) is 6.31. The normalized spacial score (nSPS) is 22.3. The Labute approximate surface area is 126 Å². The summed E-state index contributed by atoms with van der Waals surface area (Å²) in [6, 6.07) is 7.63. The van der Waals surface area contributed by atoms with Gasteiger partial charge in [-0.3, -0.25) is 9.63 Å². The molecule has 3 rings (SSSR count). The number of nitrogens with zero attached hydrogens (tertiary/aromatic N) is 1. The summed E-state index contributed by atoms with van der Waals surface area (Å²) in [4.78, 5) is 18.5. The molecule has 1 amide bonds. The summed E-state index contributed by atoms with van der Waals surface area (Å²) in [5, 5.41) is 1.46. The number of carbonyl (C=O) groups is 1. The number of fused-ring (bicyclic) bond motifs is 1. The molecule has 1 aromatic carbocycles. The van der Waals surface area contributed by atoms with Crippen LogP contribution < -0.4 is 0 Å². The van der Waals surface area contributed by atoms with Crippen LogP contribution in [0.5, 0.6) is 0 Å². The first-order chi connectivity index (χ1) is 10.2. The highest BCUT2D eigenvalue weighted by molar-refractivity contribution is 5.98. The van der Waals surface area contributed by atoms with Crippen molar-refractivity contribution in [1.29, 1.82) is 0 Å². The summed E-state index contributed by atoms with van der Waals surface area (Å²) in [5.74, 6) is 0.340. The van der Waals surface area contributed by atoms with Crippen molar-refractivity contribution >= 4 is 5.91 Å². The van der Waals surface area contributed by atoms with Crippen LogP contribution in [0.15, 0.2) is 24.3 Å². The van der Waals surface area contributed by atoms with Crippen LogP contribution in [-0.4, -0.2) is 23.7 Å². The van der Waals surface area contributed by atoms with Crippen LogP contribution in [0, 0.1) is 5.92 Å². The van der Waals surface area contributed by atoms with Crippen molar-refractivity contribution in [2.45, 2.75) is 51.9 Å². The molecule has 1 aliphatic heterocycles. The van der Waals surface area contributed by atoms with E-state index in [1.54, 1.807) is 0 Å². The van der Waals surface area contributed by atoms with E-state index in [1.807, 2.05) is 24.3 Å². The van der Waals surface area contributed by atoms with Gasteiger partial charge in [0.05, 0.1) is 12.7 Å². The highest BCUT2D eigenvalue weighted by Crippen LogP contribution is 2.37. The lowest BCUT2D eigenvalue weighted by Crippen LogP contribution is -2.34. The van der Waals surface area contributed by atoms with Crippen molar-refractivity contribution in [3.63, 3.8) is 0 Å². The van der Waals surface area contributed by atoms with Crippen molar-refractivity contribution < 1.29 is 14.4 Å². The summed E-state index contributed by atoms with van der Waals surface area (Å²) < 4.78 is 5.96. The van der Waals surface area contributed by atoms with Crippen LogP contribution in [-0.2, 0) is 9.57 Å². The van der Waals surface area contributed by atoms with Crippen molar-refractivity contribution in [2.75, 3.05) is 6.61 Å². The fourth-order valence-electron chi connectivity index (χ4n) is 2.96. The van der Waals surface area contributed by atoms with E-state index in [9.17, 15) is 4.79 Å². The van der Waals surface area contributed by atoms with Crippen LogP contribution in [0.4, 0.5) is 0 Å². The van der Waals surface area contributed by atoms with Crippen LogP contribution >= 0.6 is 0 Å². The molecule has 1 aliphatic carbocycles. The standard InChI is InChI=1S/C17H23NO3/c1-12(2)11-20-17-15-10-6-5-9-14(15)16(19)18(17)21-13-7-3-4-8-13/h5-6,9-10,12-13,17H,3-4,7-8,11H2,1-2H3. The Morgan fingerprint density at radius 2 is 1.95 bits per heavy atom. The molecular formula is C17H23NO3. The Morgan fingerprint density at radius 3 is 2.67 bits per heavy atom. The van der Waals surface area contributed by atoms with Gasteiger partial charge < -0.3 is 4.74 Å². The lowest BCUT2D eigenvalue weighted by molar-refractivity contribution is -0.241. The molecule has 2 aliphatic rings. The van der Waals surface area contributed by atoms with E-state index < -0.39 is 6.23 Å². The maximum absolute atomic E-state index is 12.6. The zero-order chi connectivity index (χ0) is 14.8. The lowest BCUT2D eigenvalue weighted by atomic mass is 10.1. The molecule has 0 aromatic heterocycles. The Bertz CT molecular complexity index is 509. The first-order valence-corrected chi connectivity index (χ1v) is 7.87. The predicted molar refractivity (Wildman–Crippen MR) is 79.5 cm³/mol. The average molecular weight is 289 g/mol. The first kappa shape index (κ1) is 14.5. The van der Waals surface area contributed by atoms with Crippen LogP contribution in [0.25, 0.3) is 0 Å². The molecule has 4 nitrogen and oxygen atoms in total. The van der Waals surface area contributed by atoms with Crippen molar-refractivity contribution in [2.24, 2.45) is 5.92 Å². The molecule has 114 valence electrons. The van der Waals surface area contributed by atoms with E-state index in [0.717, 1.165) is 18.4 Å². The van der Waals surface area contributed by atoms with Crippen LogP contribution in [0.3, 0.4) is 0 Å². The molecular weight excluding hydrogens is 266 g/mol. The molecule has 4 heteroatoms. The highest BCUT2D eigenvalue weighted by atomic mass is 16.7.